The van der Waals surface area contributed by atoms with Crippen molar-refractivity contribution in [2.24, 2.45) is 28.4 Å². The Morgan fingerprint density at radius 2 is 1.68 bits per heavy atom. The minimum atomic E-state index is -2.29. The van der Waals surface area contributed by atoms with Crippen LogP contribution in [-0.2, 0) is 10.2 Å². The van der Waals surface area contributed by atoms with Gasteiger partial charge in [0, 0.05) is 18.5 Å². The van der Waals surface area contributed by atoms with Gasteiger partial charge in [-0.1, -0.05) is 37.3 Å². The maximum absolute atomic E-state index is 13.8. The van der Waals surface area contributed by atoms with Crippen molar-refractivity contribution in [3.05, 3.63) is 35.9 Å². The molecule has 31 heavy (non-hydrogen) atoms. The Labute approximate surface area is 184 Å². The van der Waals surface area contributed by atoms with Crippen molar-refractivity contribution in [1.29, 1.82) is 0 Å². The van der Waals surface area contributed by atoms with Gasteiger partial charge in [0.15, 0.2) is 0 Å². The van der Waals surface area contributed by atoms with E-state index in [-0.39, 0.29) is 47.1 Å². The fourth-order valence-corrected chi connectivity index (χ4v) is 8.06. The molecule has 5 fully saturated rings. The maximum atomic E-state index is 13.8. The molecule has 1 aromatic rings. The molecule has 0 spiro atoms. The average molecular weight is 431 g/mol. The summed E-state index contributed by atoms with van der Waals surface area (Å²) in [5.41, 5.74) is 6.51. The van der Waals surface area contributed by atoms with Gasteiger partial charge in [0.05, 0.1) is 5.41 Å². The van der Waals surface area contributed by atoms with Crippen molar-refractivity contribution >= 4 is 5.91 Å². The summed E-state index contributed by atoms with van der Waals surface area (Å²) in [5.74, 6) is 0.531. The number of halogens is 2. The molecule has 170 valence electrons. The summed E-state index contributed by atoms with van der Waals surface area (Å²) in [5, 5.41) is 3.39. The third-order valence-electron chi connectivity index (χ3n) is 9.66. The van der Waals surface area contributed by atoms with Gasteiger partial charge in [-0.25, -0.2) is 8.78 Å². The Morgan fingerprint density at radius 1 is 1.06 bits per heavy atom. The molecule has 0 radical (unpaired) electrons. The van der Waals surface area contributed by atoms with E-state index in [1.54, 1.807) is 0 Å². The Hall–Kier alpha value is -1.49. The summed E-state index contributed by atoms with van der Waals surface area (Å²) in [6.07, 6.45) is 5.75. The van der Waals surface area contributed by atoms with Crippen molar-refractivity contribution < 1.29 is 13.6 Å². The van der Waals surface area contributed by atoms with Gasteiger partial charge in [-0.05, 0) is 86.0 Å². The molecular formula is C26H36F2N2O. The van der Waals surface area contributed by atoms with E-state index in [9.17, 15) is 13.6 Å². The van der Waals surface area contributed by atoms with Gasteiger partial charge in [0.1, 0.15) is 0 Å². The first kappa shape index (κ1) is 21.4. The van der Waals surface area contributed by atoms with E-state index in [1.165, 1.54) is 5.56 Å². The molecule has 0 heterocycles. The van der Waals surface area contributed by atoms with E-state index >= 15 is 0 Å². The van der Waals surface area contributed by atoms with Gasteiger partial charge in [-0.2, -0.15) is 0 Å². The Balaban J connectivity index is 1.46. The lowest BCUT2D eigenvalue weighted by molar-refractivity contribution is -0.183. The van der Waals surface area contributed by atoms with Crippen LogP contribution in [0.3, 0.4) is 0 Å². The number of carbonyl (C=O) groups is 1. The summed E-state index contributed by atoms with van der Waals surface area (Å²) < 4.78 is 27.2. The van der Waals surface area contributed by atoms with Crippen LogP contribution in [0.1, 0.15) is 76.7 Å². The first-order valence-corrected chi connectivity index (χ1v) is 12.1. The van der Waals surface area contributed by atoms with Gasteiger partial charge in [0.2, 0.25) is 12.3 Å². The van der Waals surface area contributed by atoms with E-state index in [0.29, 0.717) is 0 Å². The van der Waals surface area contributed by atoms with E-state index in [4.69, 9.17) is 5.73 Å². The highest BCUT2D eigenvalue weighted by atomic mass is 19.3. The van der Waals surface area contributed by atoms with E-state index in [1.807, 2.05) is 6.07 Å². The number of amides is 1. The first-order valence-electron chi connectivity index (χ1n) is 12.1. The van der Waals surface area contributed by atoms with Gasteiger partial charge in [-0.15, -0.1) is 0 Å². The first-order chi connectivity index (χ1) is 14.7. The predicted molar refractivity (Wildman–Crippen MR) is 118 cm³/mol. The molecule has 5 heteroatoms. The second-order valence-electron chi connectivity index (χ2n) is 11.5. The van der Waals surface area contributed by atoms with Crippen LogP contribution in [0.5, 0.6) is 0 Å². The number of rotatable bonds is 5. The van der Waals surface area contributed by atoms with Crippen LogP contribution in [0, 0.1) is 22.7 Å². The van der Waals surface area contributed by atoms with Crippen molar-refractivity contribution in [3.63, 3.8) is 0 Å². The minimum Gasteiger partial charge on any atom is -0.353 e. The molecule has 1 aromatic carbocycles. The predicted octanol–water partition coefficient (Wildman–Crippen LogP) is 5.18. The number of nitrogens with one attached hydrogen (secondary N) is 1. The number of nitrogens with two attached hydrogens (primary N) is 1. The Morgan fingerprint density at radius 3 is 2.26 bits per heavy atom. The summed E-state index contributed by atoms with van der Waals surface area (Å²) in [7, 11) is 0. The molecule has 5 aliphatic rings. The number of alkyl halides is 2. The monoisotopic (exact) mass is 430 g/mol. The van der Waals surface area contributed by atoms with Crippen LogP contribution in [0.2, 0.25) is 0 Å². The third-order valence-corrected chi connectivity index (χ3v) is 9.66. The quantitative estimate of drug-likeness (QED) is 0.676. The molecule has 0 aromatic heterocycles. The van der Waals surface area contributed by atoms with Gasteiger partial charge in [-0.3, -0.25) is 4.79 Å². The average Bonchev–Trinajstić information content (AvgIpc) is 2.73. The lowest BCUT2D eigenvalue weighted by Gasteiger charge is -2.68. The normalized spacial score (nSPS) is 43.9. The van der Waals surface area contributed by atoms with E-state index in [0.717, 1.165) is 57.8 Å². The molecular weight excluding hydrogens is 394 g/mol. The van der Waals surface area contributed by atoms with E-state index in [2.05, 4.69) is 36.5 Å². The standard InChI is InChI=1S/C26H36F2N2O/c1-24(15-22(27)28)18-11-25(17-5-3-2-4-6-17)12-19(24)14-26(13-18,16-25)23(31)30-21-9-7-20(29)8-10-21/h2-6,18-22H,7-16,29H2,1H3,(H,30,31)/t18?,19?,20-,21-,24?,25?,26?. The fourth-order valence-electron chi connectivity index (χ4n) is 8.06. The third kappa shape index (κ3) is 3.51. The molecule has 3 nitrogen and oxygen atoms in total. The number of benzene rings is 1. The van der Waals surface area contributed by atoms with E-state index < -0.39 is 11.8 Å². The molecule has 1 amide bonds. The molecule has 2 atom stereocenters. The SMILES string of the molecule is CC1(CC(F)F)C2CC3(C(=O)N[C@H]4CC[C@H](N)CC4)CC1CC(c1ccccc1)(C2)C3. The minimum absolute atomic E-state index is 0.0363. The molecule has 0 aliphatic heterocycles. The zero-order valence-corrected chi connectivity index (χ0v) is 18.6. The Kier molecular flexibility index (Phi) is 5.19. The topological polar surface area (TPSA) is 55.1 Å². The summed E-state index contributed by atoms with van der Waals surface area (Å²) >= 11 is 0. The number of carbonyl (C=O) groups excluding carboxylic acids is 1. The van der Waals surface area contributed by atoms with Crippen LogP contribution in [-0.4, -0.2) is 24.4 Å². The number of hydrogen-bond donors (Lipinski definition) is 2. The maximum Gasteiger partial charge on any atom is 0.239 e. The highest BCUT2D eigenvalue weighted by Crippen LogP contribution is 2.72. The summed E-state index contributed by atoms with van der Waals surface area (Å²) in [6, 6.07) is 11.0. The van der Waals surface area contributed by atoms with Crippen molar-refractivity contribution in [2.45, 2.75) is 95.1 Å². The van der Waals surface area contributed by atoms with Crippen molar-refractivity contribution in [1.82, 2.24) is 5.32 Å². The molecule has 5 saturated carbocycles. The molecule has 5 aliphatic carbocycles. The molecule has 6 rings (SSSR count). The molecule has 4 bridgehead atoms. The largest absolute Gasteiger partial charge is 0.353 e. The molecule has 3 N–H and O–H groups in total. The Bertz CT molecular complexity index is 802. The zero-order valence-electron chi connectivity index (χ0n) is 18.6. The second kappa shape index (κ2) is 7.54. The van der Waals surface area contributed by atoms with Crippen LogP contribution < -0.4 is 11.1 Å². The molecule has 2 unspecified atom stereocenters. The van der Waals surface area contributed by atoms with Crippen molar-refractivity contribution in [2.75, 3.05) is 0 Å². The van der Waals surface area contributed by atoms with Gasteiger partial charge < -0.3 is 11.1 Å². The lowest BCUT2D eigenvalue weighted by atomic mass is 9.36. The zero-order chi connectivity index (χ0) is 21.9. The highest BCUT2D eigenvalue weighted by molar-refractivity contribution is 5.84. The lowest BCUT2D eigenvalue weighted by Crippen LogP contribution is -2.65. The number of hydrogen-bond acceptors (Lipinski definition) is 2. The van der Waals surface area contributed by atoms with Crippen LogP contribution in [0.15, 0.2) is 30.3 Å². The van der Waals surface area contributed by atoms with Crippen LogP contribution in [0.25, 0.3) is 0 Å². The highest BCUT2D eigenvalue weighted by Gasteiger charge is 2.67. The van der Waals surface area contributed by atoms with Crippen LogP contribution in [0.4, 0.5) is 8.78 Å². The summed E-state index contributed by atoms with van der Waals surface area (Å²) in [6.45, 7) is 2.08. The van der Waals surface area contributed by atoms with Gasteiger partial charge >= 0.3 is 0 Å². The fraction of sp³-hybridized carbons (Fsp3) is 0.731. The smallest absolute Gasteiger partial charge is 0.239 e. The van der Waals surface area contributed by atoms with Gasteiger partial charge in [0.25, 0.3) is 0 Å². The second-order valence-corrected chi connectivity index (χ2v) is 11.5. The summed E-state index contributed by atoms with van der Waals surface area (Å²) in [4.78, 5) is 13.8. The molecule has 0 saturated heterocycles. The van der Waals surface area contributed by atoms with Crippen molar-refractivity contribution in [3.8, 4) is 0 Å². The van der Waals surface area contributed by atoms with Crippen LogP contribution >= 0.6 is 0 Å².